The predicted molar refractivity (Wildman–Crippen MR) is 134 cm³/mol. The van der Waals surface area contributed by atoms with E-state index in [-0.39, 0.29) is 6.61 Å². The summed E-state index contributed by atoms with van der Waals surface area (Å²) >= 11 is 0. The molecule has 2 saturated heterocycles. The Labute approximate surface area is 214 Å². The maximum atomic E-state index is 13.4. The first-order valence-electron chi connectivity index (χ1n) is 12.2. The number of benzene rings is 3. The Morgan fingerprint density at radius 3 is 2.03 bits per heavy atom. The number of para-hydroxylation sites is 1. The van der Waals surface area contributed by atoms with Crippen LogP contribution in [0.1, 0.15) is 24.2 Å². The van der Waals surface area contributed by atoms with Crippen LogP contribution in [0.2, 0.25) is 0 Å². The second-order valence-electron chi connectivity index (χ2n) is 9.32. The number of carbonyl (C=O) groups is 3. The van der Waals surface area contributed by atoms with Crippen molar-refractivity contribution in [2.75, 3.05) is 6.61 Å². The predicted octanol–water partition coefficient (Wildman–Crippen LogP) is 2.47. The average molecular weight is 501 g/mol. The zero-order valence-electron chi connectivity index (χ0n) is 20.3. The molecule has 0 radical (unpaired) electrons. The van der Waals surface area contributed by atoms with Gasteiger partial charge in [-0.25, -0.2) is 4.79 Å². The number of rotatable bonds is 8. The van der Waals surface area contributed by atoms with E-state index in [2.05, 4.69) is 5.32 Å². The highest BCUT2D eigenvalue weighted by Crippen LogP contribution is 2.41. The van der Waals surface area contributed by atoms with Crippen LogP contribution in [0.15, 0.2) is 91.0 Å². The van der Waals surface area contributed by atoms with Crippen molar-refractivity contribution in [3.8, 4) is 5.75 Å². The lowest BCUT2D eigenvalue weighted by Gasteiger charge is -2.45. The van der Waals surface area contributed by atoms with Crippen molar-refractivity contribution in [1.29, 1.82) is 0 Å². The molecule has 4 unspecified atom stereocenters. The molecule has 8 heteroatoms. The summed E-state index contributed by atoms with van der Waals surface area (Å²) in [7, 11) is 0. The number of esters is 1. The molecule has 5 rings (SSSR count). The SMILES string of the molecule is CC1C(O)[C@@H]2C(NC(=O)COc3ccccc3)C(=O)N2C1C(=O)OC(c1ccccc1)c1ccccc1. The van der Waals surface area contributed by atoms with E-state index in [1.165, 1.54) is 4.90 Å². The molecule has 0 aliphatic carbocycles. The molecule has 37 heavy (non-hydrogen) atoms. The van der Waals surface area contributed by atoms with Gasteiger partial charge in [0.1, 0.15) is 17.8 Å². The van der Waals surface area contributed by atoms with Crippen LogP contribution < -0.4 is 10.1 Å². The lowest BCUT2D eigenvalue weighted by atomic mass is 9.92. The lowest BCUT2D eigenvalue weighted by molar-refractivity contribution is -0.168. The van der Waals surface area contributed by atoms with Gasteiger partial charge in [-0.05, 0) is 23.3 Å². The van der Waals surface area contributed by atoms with Crippen LogP contribution >= 0.6 is 0 Å². The number of aliphatic hydroxyl groups is 1. The van der Waals surface area contributed by atoms with Gasteiger partial charge in [-0.2, -0.15) is 0 Å². The van der Waals surface area contributed by atoms with Crippen molar-refractivity contribution in [2.45, 2.75) is 37.3 Å². The Morgan fingerprint density at radius 2 is 1.46 bits per heavy atom. The summed E-state index contributed by atoms with van der Waals surface area (Å²) in [6.07, 6.45) is -1.66. The van der Waals surface area contributed by atoms with Crippen LogP contribution in [0, 0.1) is 5.92 Å². The van der Waals surface area contributed by atoms with E-state index in [4.69, 9.17) is 9.47 Å². The fourth-order valence-corrected chi connectivity index (χ4v) is 5.09. The zero-order valence-corrected chi connectivity index (χ0v) is 20.3. The zero-order chi connectivity index (χ0) is 25.9. The number of carbonyl (C=O) groups excluding carboxylic acids is 3. The summed E-state index contributed by atoms with van der Waals surface area (Å²) in [4.78, 5) is 40.3. The highest BCUT2D eigenvalue weighted by Gasteiger charge is 2.64. The highest BCUT2D eigenvalue weighted by atomic mass is 16.5. The van der Waals surface area contributed by atoms with Crippen molar-refractivity contribution in [3.63, 3.8) is 0 Å². The van der Waals surface area contributed by atoms with E-state index in [1.807, 2.05) is 66.7 Å². The number of hydrogen-bond donors (Lipinski definition) is 2. The van der Waals surface area contributed by atoms with Gasteiger partial charge < -0.3 is 24.8 Å². The summed E-state index contributed by atoms with van der Waals surface area (Å²) in [5.74, 6) is -1.56. The van der Waals surface area contributed by atoms with Crippen LogP contribution in [-0.4, -0.2) is 58.6 Å². The number of nitrogens with zero attached hydrogens (tertiary/aromatic N) is 1. The minimum atomic E-state index is -0.998. The molecule has 0 bridgehead atoms. The average Bonchev–Trinajstić information content (AvgIpc) is 3.17. The maximum Gasteiger partial charge on any atom is 0.330 e. The second kappa shape index (κ2) is 10.4. The molecule has 2 N–H and O–H groups in total. The van der Waals surface area contributed by atoms with Gasteiger partial charge in [0.05, 0.1) is 12.1 Å². The molecule has 5 atom stereocenters. The number of ether oxygens (including phenoxy) is 2. The van der Waals surface area contributed by atoms with Gasteiger partial charge in [0, 0.05) is 5.92 Å². The molecule has 2 aliphatic rings. The quantitative estimate of drug-likeness (QED) is 0.364. The number of aliphatic hydroxyl groups excluding tert-OH is 1. The topological polar surface area (TPSA) is 105 Å². The Kier molecular flexibility index (Phi) is 6.92. The summed E-state index contributed by atoms with van der Waals surface area (Å²) in [5, 5.41) is 13.5. The Morgan fingerprint density at radius 1 is 0.919 bits per heavy atom. The number of fused-ring (bicyclic) bond motifs is 1. The molecule has 190 valence electrons. The van der Waals surface area contributed by atoms with Crippen molar-refractivity contribution < 1.29 is 29.0 Å². The summed E-state index contributed by atoms with van der Waals surface area (Å²) in [5.41, 5.74) is 1.59. The second-order valence-corrected chi connectivity index (χ2v) is 9.32. The molecule has 2 heterocycles. The molecular formula is C29H28N2O6. The van der Waals surface area contributed by atoms with E-state index in [9.17, 15) is 19.5 Å². The molecule has 8 nitrogen and oxygen atoms in total. The normalized spacial score (nSPS) is 24.2. The summed E-state index contributed by atoms with van der Waals surface area (Å²) in [6, 6.07) is 25.0. The third kappa shape index (κ3) is 4.80. The van der Waals surface area contributed by atoms with Gasteiger partial charge in [-0.1, -0.05) is 85.8 Å². The number of β-lactam (4-membered cyclic amide) rings is 1. The fourth-order valence-electron chi connectivity index (χ4n) is 5.09. The molecule has 2 fully saturated rings. The standard InChI is InChI=1S/C29H28N2O6/c1-18-24(29(35)37-27(19-11-5-2-6-12-19)20-13-7-3-8-14-20)31-25(26(18)33)23(28(31)34)30-22(32)17-36-21-15-9-4-10-16-21/h2-16,18,23-27,33H,17H2,1H3,(H,30,32)/t18?,23?,24?,25-,26?/m0/s1. The Hall–Kier alpha value is -4.17. The van der Waals surface area contributed by atoms with Crippen molar-refractivity contribution in [1.82, 2.24) is 10.2 Å². The van der Waals surface area contributed by atoms with Crippen molar-refractivity contribution >= 4 is 17.8 Å². The van der Waals surface area contributed by atoms with Gasteiger partial charge >= 0.3 is 5.97 Å². The molecule has 3 aromatic carbocycles. The van der Waals surface area contributed by atoms with Gasteiger partial charge in [0.15, 0.2) is 12.7 Å². The number of nitrogens with one attached hydrogen (secondary N) is 1. The Bertz CT molecular complexity index is 1210. The van der Waals surface area contributed by atoms with Crippen molar-refractivity contribution in [2.24, 2.45) is 5.92 Å². The number of hydrogen-bond acceptors (Lipinski definition) is 6. The van der Waals surface area contributed by atoms with Gasteiger partial charge in [-0.3, -0.25) is 9.59 Å². The van der Waals surface area contributed by atoms with E-state index >= 15 is 0 Å². The minimum Gasteiger partial charge on any atom is -0.484 e. The molecule has 0 saturated carbocycles. The maximum absolute atomic E-state index is 13.4. The fraction of sp³-hybridized carbons (Fsp3) is 0.276. The molecule has 0 aromatic heterocycles. The third-order valence-corrected chi connectivity index (χ3v) is 6.98. The molecule has 2 aliphatic heterocycles. The van der Waals surface area contributed by atoms with Crippen LogP contribution in [0.5, 0.6) is 5.75 Å². The van der Waals surface area contributed by atoms with Crippen LogP contribution in [0.4, 0.5) is 0 Å². The smallest absolute Gasteiger partial charge is 0.330 e. The van der Waals surface area contributed by atoms with E-state index < -0.39 is 54.0 Å². The number of amides is 2. The Balaban J connectivity index is 1.28. The van der Waals surface area contributed by atoms with E-state index in [1.54, 1.807) is 31.2 Å². The van der Waals surface area contributed by atoms with Gasteiger partial charge in [0.25, 0.3) is 5.91 Å². The van der Waals surface area contributed by atoms with Crippen LogP contribution in [0.25, 0.3) is 0 Å². The molecule has 0 spiro atoms. The van der Waals surface area contributed by atoms with Gasteiger partial charge in [-0.15, -0.1) is 0 Å². The molecule has 2 amide bonds. The highest BCUT2D eigenvalue weighted by molar-refractivity contribution is 5.98. The lowest BCUT2D eigenvalue weighted by Crippen LogP contribution is -2.73. The van der Waals surface area contributed by atoms with E-state index in [0.717, 1.165) is 11.1 Å². The molecular weight excluding hydrogens is 472 g/mol. The van der Waals surface area contributed by atoms with Gasteiger partial charge in [0.2, 0.25) is 5.91 Å². The molecule has 3 aromatic rings. The summed E-state index contributed by atoms with van der Waals surface area (Å²) in [6.45, 7) is 1.44. The first-order valence-corrected chi connectivity index (χ1v) is 12.2. The van der Waals surface area contributed by atoms with Crippen LogP contribution in [-0.2, 0) is 19.1 Å². The largest absolute Gasteiger partial charge is 0.484 e. The first kappa shape index (κ1) is 24.5. The monoisotopic (exact) mass is 500 g/mol. The first-order chi connectivity index (χ1) is 18.0. The summed E-state index contributed by atoms with van der Waals surface area (Å²) < 4.78 is 11.4. The van der Waals surface area contributed by atoms with Crippen molar-refractivity contribution in [3.05, 3.63) is 102 Å². The van der Waals surface area contributed by atoms with Crippen LogP contribution in [0.3, 0.4) is 0 Å². The third-order valence-electron chi connectivity index (χ3n) is 6.98. The van der Waals surface area contributed by atoms with E-state index in [0.29, 0.717) is 5.75 Å². The minimum absolute atomic E-state index is 0.270.